The molecule has 0 aromatic heterocycles. The van der Waals surface area contributed by atoms with E-state index in [4.69, 9.17) is 9.84 Å². The molecule has 0 aliphatic heterocycles. The van der Waals surface area contributed by atoms with Gasteiger partial charge in [-0.3, -0.25) is 4.79 Å². The number of aliphatic hydroxyl groups is 1. The zero-order chi connectivity index (χ0) is 24.9. The molecule has 180 valence electrons. The fraction of sp³-hybridized carbons (Fsp3) is 0.346. The summed E-state index contributed by atoms with van der Waals surface area (Å²) in [5.41, 5.74) is 3.19. The Kier molecular flexibility index (Phi) is 7.73. The maximum Gasteiger partial charge on any atom is 0.407 e. The molecule has 1 aliphatic carbocycles. The van der Waals surface area contributed by atoms with E-state index in [1.165, 1.54) is 0 Å². The molecular formula is C26H30N2O6. The van der Waals surface area contributed by atoms with E-state index in [9.17, 15) is 19.5 Å². The number of carboxylic acids is 1. The van der Waals surface area contributed by atoms with Crippen molar-refractivity contribution in [2.24, 2.45) is 0 Å². The largest absolute Gasteiger partial charge is 0.479 e. The summed E-state index contributed by atoms with van der Waals surface area (Å²) in [6.07, 6.45) is 1.21. The van der Waals surface area contributed by atoms with E-state index < -0.39 is 36.2 Å². The Labute approximate surface area is 198 Å². The third-order valence-corrected chi connectivity index (χ3v) is 5.78. The molecule has 2 aromatic carbocycles. The quantitative estimate of drug-likeness (QED) is 0.421. The van der Waals surface area contributed by atoms with Crippen molar-refractivity contribution in [3.05, 3.63) is 71.3 Å². The van der Waals surface area contributed by atoms with Crippen molar-refractivity contribution in [2.75, 3.05) is 13.2 Å². The molecule has 2 unspecified atom stereocenters. The van der Waals surface area contributed by atoms with Crippen molar-refractivity contribution in [3.8, 4) is 11.1 Å². The maximum absolute atomic E-state index is 12.6. The lowest BCUT2D eigenvalue weighted by molar-refractivity contribution is -0.156. The van der Waals surface area contributed by atoms with E-state index in [1.54, 1.807) is 6.08 Å². The summed E-state index contributed by atoms with van der Waals surface area (Å²) in [6.45, 7) is 4.40. The minimum absolute atomic E-state index is 0.102. The second-order valence-electron chi connectivity index (χ2n) is 8.84. The minimum atomic E-state index is -2.12. The molecule has 0 radical (unpaired) electrons. The van der Waals surface area contributed by atoms with E-state index in [1.807, 2.05) is 62.4 Å². The fourth-order valence-corrected chi connectivity index (χ4v) is 3.83. The number of hydrogen-bond donors (Lipinski definition) is 4. The molecule has 0 saturated heterocycles. The van der Waals surface area contributed by atoms with Gasteiger partial charge >= 0.3 is 12.1 Å². The third kappa shape index (κ3) is 5.82. The average molecular weight is 467 g/mol. The number of benzene rings is 2. The minimum Gasteiger partial charge on any atom is -0.479 e. The second-order valence-corrected chi connectivity index (χ2v) is 8.84. The Bertz CT molecular complexity index is 1060. The van der Waals surface area contributed by atoms with Gasteiger partial charge in [0.15, 0.2) is 5.60 Å². The number of fused-ring (bicyclic) bond motifs is 3. The standard InChI is InChI=1S/C26H30N2O6/c1-16(2)12-13-22(23(29)27-15-26(3,33)24(30)31)28-25(32)34-14-21-19-10-6-4-8-17(19)18-9-5-7-11-20(18)21/h4-12,21-22,33H,13-15H2,1-3H3,(H,27,29)(H,28,32)(H,30,31). The van der Waals surface area contributed by atoms with Gasteiger partial charge in [0.2, 0.25) is 5.91 Å². The molecule has 0 bridgehead atoms. The predicted octanol–water partition coefficient (Wildman–Crippen LogP) is 3.20. The number of hydrogen-bond acceptors (Lipinski definition) is 5. The van der Waals surface area contributed by atoms with Crippen LogP contribution < -0.4 is 10.6 Å². The smallest absolute Gasteiger partial charge is 0.407 e. The number of carbonyl (C=O) groups is 3. The molecular weight excluding hydrogens is 436 g/mol. The summed E-state index contributed by atoms with van der Waals surface area (Å²) in [7, 11) is 0. The maximum atomic E-state index is 12.6. The predicted molar refractivity (Wildman–Crippen MR) is 127 cm³/mol. The van der Waals surface area contributed by atoms with Crippen LogP contribution in [0.2, 0.25) is 0 Å². The highest BCUT2D eigenvalue weighted by atomic mass is 16.5. The Morgan fingerprint density at radius 2 is 1.62 bits per heavy atom. The van der Waals surface area contributed by atoms with E-state index >= 15 is 0 Å². The normalized spacial score (nSPS) is 14.7. The van der Waals surface area contributed by atoms with Crippen LogP contribution >= 0.6 is 0 Å². The lowest BCUT2D eigenvalue weighted by atomic mass is 9.98. The van der Waals surface area contributed by atoms with Gasteiger partial charge in [-0.25, -0.2) is 9.59 Å². The number of aliphatic carboxylic acids is 1. The molecule has 8 nitrogen and oxygen atoms in total. The van der Waals surface area contributed by atoms with Crippen LogP contribution in [0.15, 0.2) is 60.2 Å². The molecule has 2 aromatic rings. The van der Waals surface area contributed by atoms with Crippen LogP contribution in [-0.2, 0) is 14.3 Å². The lowest BCUT2D eigenvalue weighted by Gasteiger charge is -2.22. The number of amides is 2. The van der Waals surface area contributed by atoms with Gasteiger partial charge in [0.1, 0.15) is 12.6 Å². The van der Waals surface area contributed by atoms with Crippen molar-refractivity contribution < 1.29 is 29.3 Å². The number of allylic oxidation sites excluding steroid dienone is 1. The molecule has 2 atom stereocenters. The summed E-state index contributed by atoms with van der Waals surface area (Å²) < 4.78 is 5.52. The van der Waals surface area contributed by atoms with Crippen molar-refractivity contribution in [3.63, 3.8) is 0 Å². The molecule has 0 fully saturated rings. The Balaban J connectivity index is 1.66. The van der Waals surface area contributed by atoms with Crippen LogP contribution in [0.4, 0.5) is 4.79 Å². The molecule has 0 saturated carbocycles. The molecule has 2 amide bonds. The number of carbonyl (C=O) groups excluding carboxylic acids is 2. The summed E-state index contributed by atoms with van der Waals surface area (Å²) in [5, 5.41) is 23.8. The zero-order valence-electron chi connectivity index (χ0n) is 19.5. The van der Waals surface area contributed by atoms with Crippen molar-refractivity contribution in [1.29, 1.82) is 0 Å². The summed E-state index contributed by atoms with van der Waals surface area (Å²) in [5.74, 6) is -2.19. The van der Waals surface area contributed by atoms with Gasteiger partial charge in [-0.2, -0.15) is 0 Å². The molecule has 8 heteroatoms. The number of rotatable bonds is 9. The van der Waals surface area contributed by atoms with E-state index in [0.717, 1.165) is 34.8 Å². The fourth-order valence-electron chi connectivity index (χ4n) is 3.83. The number of carboxylic acid groups (broad SMARTS) is 1. The molecule has 1 aliphatic rings. The molecule has 0 spiro atoms. The first-order chi connectivity index (χ1) is 16.1. The van der Waals surface area contributed by atoms with Gasteiger partial charge in [-0.15, -0.1) is 0 Å². The molecule has 3 rings (SSSR count). The Hall–Kier alpha value is -3.65. The highest BCUT2D eigenvalue weighted by molar-refractivity contribution is 5.87. The number of ether oxygens (including phenoxy) is 1. The SMILES string of the molecule is CC(C)=CCC(NC(=O)OCC1c2ccccc2-c2ccccc21)C(=O)NCC(C)(O)C(=O)O. The topological polar surface area (TPSA) is 125 Å². The summed E-state index contributed by atoms with van der Waals surface area (Å²) in [6, 6.07) is 15.0. The van der Waals surface area contributed by atoms with E-state index in [-0.39, 0.29) is 18.9 Å². The molecule has 34 heavy (non-hydrogen) atoms. The van der Waals surface area contributed by atoms with Gasteiger partial charge in [0.05, 0.1) is 6.54 Å². The summed E-state index contributed by atoms with van der Waals surface area (Å²) >= 11 is 0. The molecule has 0 heterocycles. The van der Waals surface area contributed by atoms with Gasteiger partial charge in [0.25, 0.3) is 0 Å². The first kappa shape index (κ1) is 25.0. The van der Waals surface area contributed by atoms with Crippen LogP contribution in [0.25, 0.3) is 11.1 Å². The zero-order valence-corrected chi connectivity index (χ0v) is 19.5. The van der Waals surface area contributed by atoms with Crippen LogP contribution in [0.1, 0.15) is 44.2 Å². The van der Waals surface area contributed by atoms with Crippen molar-refractivity contribution in [1.82, 2.24) is 10.6 Å². The van der Waals surface area contributed by atoms with Gasteiger partial charge in [-0.05, 0) is 49.4 Å². The summed E-state index contributed by atoms with van der Waals surface area (Å²) in [4.78, 5) is 36.3. The van der Waals surface area contributed by atoms with E-state index in [2.05, 4.69) is 10.6 Å². The highest BCUT2D eigenvalue weighted by Crippen LogP contribution is 2.44. The monoisotopic (exact) mass is 466 g/mol. The van der Waals surface area contributed by atoms with Gasteiger partial charge in [-0.1, -0.05) is 60.2 Å². The van der Waals surface area contributed by atoms with Gasteiger partial charge in [0, 0.05) is 5.92 Å². The van der Waals surface area contributed by atoms with E-state index in [0.29, 0.717) is 0 Å². The lowest BCUT2D eigenvalue weighted by Crippen LogP contribution is -2.52. The van der Waals surface area contributed by atoms with Gasteiger partial charge < -0.3 is 25.6 Å². The Morgan fingerprint density at radius 1 is 1.06 bits per heavy atom. The third-order valence-electron chi connectivity index (χ3n) is 5.78. The Morgan fingerprint density at radius 3 is 2.15 bits per heavy atom. The number of nitrogens with one attached hydrogen (secondary N) is 2. The van der Waals surface area contributed by atoms with Crippen molar-refractivity contribution in [2.45, 2.75) is 44.8 Å². The second kappa shape index (κ2) is 10.5. The van der Waals surface area contributed by atoms with Crippen LogP contribution in [0.5, 0.6) is 0 Å². The van der Waals surface area contributed by atoms with Crippen molar-refractivity contribution >= 4 is 18.0 Å². The number of alkyl carbamates (subject to hydrolysis) is 1. The molecule has 4 N–H and O–H groups in total. The first-order valence-corrected chi connectivity index (χ1v) is 11.1. The highest BCUT2D eigenvalue weighted by Gasteiger charge is 2.32. The first-order valence-electron chi connectivity index (χ1n) is 11.1. The van der Waals surface area contributed by atoms with Crippen LogP contribution in [-0.4, -0.2) is 53.0 Å². The van der Waals surface area contributed by atoms with Crippen LogP contribution in [0, 0.1) is 0 Å². The van der Waals surface area contributed by atoms with Crippen LogP contribution in [0.3, 0.4) is 0 Å². The average Bonchev–Trinajstić information content (AvgIpc) is 3.12.